The van der Waals surface area contributed by atoms with Gasteiger partial charge in [0.05, 0.1) is 19.6 Å². The summed E-state index contributed by atoms with van der Waals surface area (Å²) in [5.74, 6) is -0.662. The third kappa shape index (κ3) is 5.54. The number of hydrogen-bond acceptors (Lipinski definition) is 5. The van der Waals surface area contributed by atoms with Crippen LogP contribution < -0.4 is 0 Å². The molecule has 0 spiro atoms. The first kappa shape index (κ1) is 12.3. The fraction of sp³-hybridized carbons (Fsp3) is 0.750. The fourth-order valence-electron chi connectivity index (χ4n) is 0.700. The zero-order valence-corrected chi connectivity index (χ0v) is 8.60. The van der Waals surface area contributed by atoms with Crippen molar-refractivity contribution in [2.45, 2.75) is 26.4 Å². The SMILES string of the molecule is CCOC(=O)C(O)CC(=S)OCC. The second kappa shape index (κ2) is 6.80. The van der Waals surface area contributed by atoms with Gasteiger partial charge in [-0.1, -0.05) is 0 Å². The van der Waals surface area contributed by atoms with Crippen molar-refractivity contribution in [2.24, 2.45) is 0 Å². The highest BCUT2D eigenvalue weighted by atomic mass is 32.1. The fourth-order valence-corrected chi connectivity index (χ4v) is 0.975. The molecule has 13 heavy (non-hydrogen) atoms. The lowest BCUT2D eigenvalue weighted by molar-refractivity contribution is -0.152. The first-order valence-electron chi connectivity index (χ1n) is 4.12. The summed E-state index contributed by atoms with van der Waals surface area (Å²) < 4.78 is 9.48. The zero-order valence-electron chi connectivity index (χ0n) is 7.78. The average molecular weight is 206 g/mol. The Labute approximate surface area is 82.8 Å². The van der Waals surface area contributed by atoms with E-state index in [1.807, 2.05) is 0 Å². The van der Waals surface area contributed by atoms with Crippen LogP contribution in [0.15, 0.2) is 0 Å². The Balaban J connectivity index is 3.78. The van der Waals surface area contributed by atoms with Crippen LogP contribution in [-0.4, -0.2) is 35.4 Å². The van der Waals surface area contributed by atoms with Crippen molar-refractivity contribution in [3.05, 3.63) is 0 Å². The molecule has 0 rings (SSSR count). The Hall–Kier alpha value is -0.680. The summed E-state index contributed by atoms with van der Waals surface area (Å²) in [5.41, 5.74) is 0. The van der Waals surface area contributed by atoms with Gasteiger partial charge in [0.1, 0.15) is 0 Å². The van der Waals surface area contributed by atoms with Crippen LogP contribution in [0.1, 0.15) is 20.3 Å². The minimum absolute atomic E-state index is 0.0159. The molecular weight excluding hydrogens is 192 g/mol. The van der Waals surface area contributed by atoms with E-state index in [-0.39, 0.29) is 18.1 Å². The van der Waals surface area contributed by atoms with Gasteiger partial charge in [-0.2, -0.15) is 0 Å². The first-order chi connectivity index (χ1) is 6.11. The number of aliphatic hydroxyl groups excluding tert-OH is 1. The maximum atomic E-state index is 10.9. The summed E-state index contributed by atoms with van der Waals surface area (Å²) in [4.78, 5) is 10.9. The van der Waals surface area contributed by atoms with E-state index in [1.165, 1.54) is 0 Å². The number of ether oxygens (including phenoxy) is 2. The van der Waals surface area contributed by atoms with Gasteiger partial charge in [0.25, 0.3) is 0 Å². The molecule has 76 valence electrons. The van der Waals surface area contributed by atoms with Crippen LogP contribution in [0.25, 0.3) is 0 Å². The number of carbonyl (C=O) groups is 1. The number of carbonyl (C=O) groups excluding carboxylic acids is 1. The highest BCUT2D eigenvalue weighted by molar-refractivity contribution is 7.80. The third-order valence-corrected chi connectivity index (χ3v) is 1.51. The Morgan fingerprint density at radius 2 is 1.92 bits per heavy atom. The molecule has 0 saturated carbocycles. The third-order valence-electron chi connectivity index (χ3n) is 1.22. The Kier molecular flexibility index (Phi) is 6.44. The van der Waals surface area contributed by atoms with Gasteiger partial charge < -0.3 is 14.6 Å². The number of rotatable bonds is 5. The molecule has 0 aromatic heterocycles. The smallest absolute Gasteiger partial charge is 0.335 e. The minimum Gasteiger partial charge on any atom is -0.487 e. The molecule has 0 aliphatic carbocycles. The molecule has 0 saturated heterocycles. The van der Waals surface area contributed by atoms with Crippen molar-refractivity contribution >= 4 is 23.2 Å². The molecule has 0 aromatic carbocycles. The lowest BCUT2D eigenvalue weighted by atomic mass is 10.3. The lowest BCUT2D eigenvalue weighted by Crippen LogP contribution is -2.26. The van der Waals surface area contributed by atoms with Crippen LogP contribution in [0.4, 0.5) is 0 Å². The second-order valence-electron chi connectivity index (χ2n) is 2.28. The van der Waals surface area contributed by atoms with Gasteiger partial charge in [0, 0.05) is 0 Å². The summed E-state index contributed by atoms with van der Waals surface area (Å²) >= 11 is 4.74. The average Bonchev–Trinajstić information content (AvgIpc) is 2.05. The van der Waals surface area contributed by atoms with Crippen molar-refractivity contribution in [3.8, 4) is 0 Å². The van der Waals surface area contributed by atoms with Crippen molar-refractivity contribution in [3.63, 3.8) is 0 Å². The van der Waals surface area contributed by atoms with Crippen molar-refractivity contribution < 1.29 is 19.4 Å². The van der Waals surface area contributed by atoms with Gasteiger partial charge in [0.15, 0.2) is 11.2 Å². The molecule has 0 aromatic rings. The van der Waals surface area contributed by atoms with E-state index < -0.39 is 12.1 Å². The maximum absolute atomic E-state index is 10.9. The van der Waals surface area contributed by atoms with E-state index in [0.717, 1.165) is 0 Å². The summed E-state index contributed by atoms with van der Waals surface area (Å²) in [7, 11) is 0. The predicted molar refractivity (Wildman–Crippen MR) is 51.5 cm³/mol. The second-order valence-corrected chi connectivity index (χ2v) is 2.73. The normalized spacial score (nSPS) is 11.9. The van der Waals surface area contributed by atoms with Crippen LogP contribution in [0, 0.1) is 0 Å². The summed E-state index contributed by atoms with van der Waals surface area (Å²) in [6.45, 7) is 4.14. The molecule has 0 amide bonds. The van der Waals surface area contributed by atoms with Gasteiger partial charge >= 0.3 is 5.97 Å². The number of aliphatic hydroxyl groups is 1. The highest BCUT2D eigenvalue weighted by Gasteiger charge is 2.18. The number of thiocarbonyl (C=S) groups is 1. The molecule has 1 N–H and O–H groups in total. The maximum Gasteiger partial charge on any atom is 0.335 e. The van der Waals surface area contributed by atoms with Gasteiger partial charge in [-0.15, -0.1) is 0 Å². The van der Waals surface area contributed by atoms with Crippen LogP contribution in [-0.2, 0) is 14.3 Å². The van der Waals surface area contributed by atoms with E-state index in [2.05, 4.69) is 4.74 Å². The predicted octanol–water partition coefficient (Wildman–Crippen LogP) is 0.664. The monoisotopic (exact) mass is 206 g/mol. The molecule has 1 atom stereocenters. The van der Waals surface area contributed by atoms with E-state index in [4.69, 9.17) is 17.0 Å². The van der Waals surface area contributed by atoms with E-state index >= 15 is 0 Å². The first-order valence-corrected chi connectivity index (χ1v) is 4.52. The topological polar surface area (TPSA) is 55.8 Å². The Morgan fingerprint density at radius 1 is 1.38 bits per heavy atom. The van der Waals surface area contributed by atoms with Gasteiger partial charge in [-0.05, 0) is 26.1 Å². The number of esters is 1. The molecule has 0 aliphatic rings. The Bertz CT molecular complexity index is 181. The molecule has 5 heteroatoms. The molecular formula is C8H14O4S. The molecule has 0 heterocycles. The van der Waals surface area contributed by atoms with E-state index in [1.54, 1.807) is 13.8 Å². The number of hydrogen-bond donors (Lipinski definition) is 1. The van der Waals surface area contributed by atoms with Crippen LogP contribution in [0.2, 0.25) is 0 Å². The van der Waals surface area contributed by atoms with Gasteiger partial charge in [0.2, 0.25) is 0 Å². The molecule has 0 bridgehead atoms. The lowest BCUT2D eigenvalue weighted by Gasteiger charge is -2.10. The molecule has 0 radical (unpaired) electrons. The minimum atomic E-state index is -1.21. The largest absolute Gasteiger partial charge is 0.487 e. The molecule has 0 fully saturated rings. The Morgan fingerprint density at radius 3 is 2.38 bits per heavy atom. The van der Waals surface area contributed by atoms with E-state index in [0.29, 0.717) is 6.61 Å². The van der Waals surface area contributed by atoms with E-state index in [9.17, 15) is 9.90 Å². The van der Waals surface area contributed by atoms with Crippen LogP contribution >= 0.6 is 12.2 Å². The van der Waals surface area contributed by atoms with Gasteiger partial charge in [-0.25, -0.2) is 4.79 Å². The zero-order chi connectivity index (χ0) is 10.3. The van der Waals surface area contributed by atoms with Crippen LogP contribution in [0.3, 0.4) is 0 Å². The summed E-state index contributed by atoms with van der Waals surface area (Å²) in [6.07, 6.45) is -1.19. The van der Waals surface area contributed by atoms with Crippen LogP contribution in [0.5, 0.6) is 0 Å². The molecule has 1 unspecified atom stereocenters. The quantitative estimate of drug-likeness (QED) is 0.529. The van der Waals surface area contributed by atoms with Gasteiger partial charge in [-0.3, -0.25) is 0 Å². The standard InChI is InChI=1S/C8H14O4S/c1-3-11-7(13)5-6(9)8(10)12-4-2/h6,9H,3-5H2,1-2H3. The molecule has 4 nitrogen and oxygen atoms in total. The van der Waals surface area contributed by atoms with Crippen molar-refractivity contribution in [2.75, 3.05) is 13.2 Å². The molecule has 0 aliphatic heterocycles. The summed E-state index contributed by atoms with van der Waals surface area (Å²) in [5, 5.41) is 9.43. The van der Waals surface area contributed by atoms with Crippen molar-refractivity contribution in [1.82, 2.24) is 0 Å². The summed E-state index contributed by atoms with van der Waals surface area (Å²) in [6, 6.07) is 0. The highest BCUT2D eigenvalue weighted by Crippen LogP contribution is 1.99. The van der Waals surface area contributed by atoms with Crippen molar-refractivity contribution in [1.29, 1.82) is 0 Å².